The molecule has 0 bridgehead atoms. The molecule has 1 amide bonds. The fraction of sp³-hybridized carbons (Fsp3) is 0.538. The number of aromatic nitrogens is 1. The number of hydrogen-bond acceptors (Lipinski definition) is 6. The highest BCUT2D eigenvalue weighted by Gasteiger charge is 2.20. The first-order valence-corrected chi connectivity index (χ1v) is 6.71. The van der Waals surface area contributed by atoms with E-state index in [1.807, 2.05) is 7.05 Å². The summed E-state index contributed by atoms with van der Waals surface area (Å²) in [5, 5.41) is 13.5. The molecule has 0 radical (unpaired) electrons. The van der Waals surface area contributed by atoms with E-state index in [9.17, 15) is 14.9 Å². The number of anilines is 1. The molecule has 0 spiro atoms. The van der Waals surface area contributed by atoms with E-state index in [1.165, 1.54) is 6.07 Å². The molecular formula is C13H21N5O3. The molecule has 116 valence electrons. The van der Waals surface area contributed by atoms with Crippen LogP contribution in [0.5, 0.6) is 0 Å². The highest BCUT2D eigenvalue weighted by molar-refractivity contribution is 5.98. The summed E-state index contributed by atoms with van der Waals surface area (Å²) >= 11 is 0. The van der Waals surface area contributed by atoms with Gasteiger partial charge in [0.15, 0.2) is 0 Å². The van der Waals surface area contributed by atoms with Crippen LogP contribution in [0.15, 0.2) is 12.3 Å². The highest BCUT2D eigenvalue weighted by atomic mass is 16.6. The maximum atomic E-state index is 12.0. The van der Waals surface area contributed by atoms with Crippen molar-refractivity contribution in [1.29, 1.82) is 0 Å². The van der Waals surface area contributed by atoms with Crippen molar-refractivity contribution in [2.75, 3.05) is 25.9 Å². The Bertz CT molecular complexity index is 519. The summed E-state index contributed by atoms with van der Waals surface area (Å²) in [5.74, 6) is -0.437. The molecule has 1 rings (SSSR count). The Hall–Kier alpha value is -2.22. The topological polar surface area (TPSA) is 114 Å². The van der Waals surface area contributed by atoms with Gasteiger partial charge in [-0.2, -0.15) is 0 Å². The molecule has 8 heteroatoms. The molecule has 0 aliphatic carbocycles. The first kappa shape index (κ1) is 16.8. The van der Waals surface area contributed by atoms with Crippen molar-refractivity contribution in [2.24, 2.45) is 0 Å². The van der Waals surface area contributed by atoms with Crippen molar-refractivity contribution in [3.63, 3.8) is 0 Å². The van der Waals surface area contributed by atoms with Crippen LogP contribution in [0.3, 0.4) is 0 Å². The number of carbonyl (C=O) groups is 1. The monoisotopic (exact) mass is 295 g/mol. The number of nitrogens with one attached hydrogen (secondary N) is 1. The number of amides is 1. The molecule has 0 aromatic carbocycles. The van der Waals surface area contributed by atoms with Gasteiger partial charge in [-0.3, -0.25) is 14.9 Å². The van der Waals surface area contributed by atoms with E-state index in [4.69, 9.17) is 5.73 Å². The van der Waals surface area contributed by atoms with Gasteiger partial charge in [0, 0.05) is 12.6 Å². The lowest BCUT2D eigenvalue weighted by Gasteiger charge is -2.20. The van der Waals surface area contributed by atoms with Crippen LogP contribution in [0.2, 0.25) is 0 Å². The highest BCUT2D eigenvalue weighted by Crippen LogP contribution is 2.18. The smallest absolute Gasteiger partial charge is 0.300 e. The molecular weight excluding hydrogens is 274 g/mol. The average Bonchev–Trinajstić information content (AvgIpc) is 2.42. The van der Waals surface area contributed by atoms with Crippen LogP contribution in [-0.2, 0) is 0 Å². The number of nitro groups is 1. The van der Waals surface area contributed by atoms with Gasteiger partial charge in [0.2, 0.25) is 0 Å². The zero-order valence-electron chi connectivity index (χ0n) is 12.5. The number of rotatable bonds is 7. The molecule has 1 aromatic heterocycles. The number of nitrogens with zero attached hydrogens (tertiary/aromatic N) is 3. The van der Waals surface area contributed by atoms with E-state index in [-0.39, 0.29) is 17.1 Å². The normalized spacial score (nSPS) is 10.9. The standard InChI is InChI=1S/C13H21N5O3/c1-9(2)17(3)6-4-5-15-13(19)10-7-12(14)16-8-11(10)18(20)21/h7-9H,4-6H2,1-3H3,(H2,14,16)(H,15,19). The number of carbonyl (C=O) groups excluding carboxylic acids is 1. The Morgan fingerprint density at radius 1 is 1.57 bits per heavy atom. The lowest BCUT2D eigenvalue weighted by Crippen LogP contribution is -2.31. The number of nitrogens with two attached hydrogens (primary N) is 1. The van der Waals surface area contributed by atoms with Gasteiger partial charge >= 0.3 is 0 Å². The Labute approximate surface area is 123 Å². The molecule has 0 saturated heterocycles. The van der Waals surface area contributed by atoms with Gasteiger partial charge in [0.25, 0.3) is 11.6 Å². The lowest BCUT2D eigenvalue weighted by atomic mass is 10.2. The second-order valence-corrected chi connectivity index (χ2v) is 5.07. The van der Waals surface area contributed by atoms with Gasteiger partial charge in [0.05, 0.1) is 4.92 Å². The van der Waals surface area contributed by atoms with E-state index in [0.29, 0.717) is 12.6 Å². The summed E-state index contributed by atoms with van der Waals surface area (Å²) in [7, 11) is 2.00. The Morgan fingerprint density at radius 2 is 2.24 bits per heavy atom. The maximum Gasteiger partial charge on any atom is 0.300 e. The molecule has 0 aliphatic rings. The predicted molar refractivity (Wildman–Crippen MR) is 80.0 cm³/mol. The molecule has 0 unspecified atom stereocenters. The van der Waals surface area contributed by atoms with Crippen molar-refractivity contribution >= 4 is 17.4 Å². The van der Waals surface area contributed by atoms with E-state index in [2.05, 4.69) is 29.0 Å². The number of pyridine rings is 1. The van der Waals surface area contributed by atoms with Crippen LogP contribution in [0.25, 0.3) is 0 Å². The van der Waals surface area contributed by atoms with Crippen molar-refractivity contribution in [3.05, 3.63) is 27.9 Å². The van der Waals surface area contributed by atoms with Crippen LogP contribution in [0, 0.1) is 10.1 Å². The second kappa shape index (κ2) is 7.53. The molecule has 3 N–H and O–H groups in total. The van der Waals surface area contributed by atoms with E-state index >= 15 is 0 Å². The van der Waals surface area contributed by atoms with E-state index in [0.717, 1.165) is 19.2 Å². The summed E-state index contributed by atoms with van der Waals surface area (Å²) in [6.07, 6.45) is 1.76. The summed E-state index contributed by atoms with van der Waals surface area (Å²) in [6, 6.07) is 1.65. The largest absolute Gasteiger partial charge is 0.384 e. The summed E-state index contributed by atoms with van der Waals surface area (Å²) < 4.78 is 0. The minimum Gasteiger partial charge on any atom is -0.384 e. The van der Waals surface area contributed by atoms with Crippen LogP contribution in [0.4, 0.5) is 11.5 Å². The van der Waals surface area contributed by atoms with Crippen molar-refractivity contribution < 1.29 is 9.72 Å². The van der Waals surface area contributed by atoms with Crippen molar-refractivity contribution in [1.82, 2.24) is 15.2 Å². The molecule has 1 aromatic rings. The second-order valence-electron chi connectivity index (χ2n) is 5.07. The van der Waals surface area contributed by atoms with Crippen molar-refractivity contribution in [3.8, 4) is 0 Å². The van der Waals surface area contributed by atoms with Gasteiger partial charge in [-0.05, 0) is 39.9 Å². The molecule has 0 atom stereocenters. The lowest BCUT2D eigenvalue weighted by molar-refractivity contribution is -0.385. The minimum atomic E-state index is -0.645. The fourth-order valence-electron chi connectivity index (χ4n) is 1.68. The van der Waals surface area contributed by atoms with Gasteiger partial charge in [-0.25, -0.2) is 4.98 Å². The summed E-state index contributed by atoms with van der Waals surface area (Å²) in [6.45, 7) is 5.44. The number of hydrogen-bond donors (Lipinski definition) is 2. The molecule has 1 heterocycles. The predicted octanol–water partition coefficient (Wildman–Crippen LogP) is 1.03. The Morgan fingerprint density at radius 3 is 2.81 bits per heavy atom. The van der Waals surface area contributed by atoms with Crippen LogP contribution < -0.4 is 11.1 Å². The SMILES string of the molecule is CC(C)N(C)CCCNC(=O)c1cc(N)ncc1[N+](=O)[O-]. The zero-order valence-corrected chi connectivity index (χ0v) is 12.5. The van der Waals surface area contributed by atoms with E-state index < -0.39 is 10.8 Å². The minimum absolute atomic E-state index is 0.0651. The zero-order chi connectivity index (χ0) is 16.0. The average molecular weight is 295 g/mol. The van der Waals surface area contributed by atoms with Gasteiger partial charge in [0.1, 0.15) is 17.6 Å². The quantitative estimate of drug-likeness (QED) is 0.441. The first-order valence-electron chi connectivity index (χ1n) is 6.71. The molecule has 0 aliphatic heterocycles. The summed E-state index contributed by atoms with van der Waals surface area (Å²) in [5.41, 5.74) is 5.06. The van der Waals surface area contributed by atoms with Crippen molar-refractivity contribution in [2.45, 2.75) is 26.3 Å². The van der Waals surface area contributed by atoms with Crippen LogP contribution >= 0.6 is 0 Å². The molecule has 21 heavy (non-hydrogen) atoms. The Kier molecular flexibility index (Phi) is 6.04. The molecule has 0 saturated carbocycles. The van der Waals surface area contributed by atoms with Crippen LogP contribution in [0.1, 0.15) is 30.6 Å². The number of nitrogen functional groups attached to an aromatic ring is 1. The Balaban J connectivity index is 2.60. The maximum absolute atomic E-state index is 12.0. The first-order chi connectivity index (χ1) is 9.82. The van der Waals surface area contributed by atoms with Gasteiger partial charge < -0.3 is 16.0 Å². The molecule has 8 nitrogen and oxygen atoms in total. The third-order valence-electron chi connectivity index (χ3n) is 3.20. The van der Waals surface area contributed by atoms with Gasteiger partial charge in [-0.1, -0.05) is 0 Å². The van der Waals surface area contributed by atoms with Gasteiger partial charge in [-0.15, -0.1) is 0 Å². The van der Waals surface area contributed by atoms with Crippen LogP contribution in [-0.4, -0.2) is 46.9 Å². The fourth-order valence-corrected chi connectivity index (χ4v) is 1.68. The third kappa shape index (κ3) is 4.99. The third-order valence-corrected chi connectivity index (χ3v) is 3.20. The summed E-state index contributed by atoms with van der Waals surface area (Å²) in [4.78, 5) is 28.0. The van der Waals surface area contributed by atoms with E-state index in [1.54, 1.807) is 0 Å². The molecule has 0 fully saturated rings.